The van der Waals surface area contributed by atoms with Gasteiger partial charge in [-0.2, -0.15) is 0 Å². The van der Waals surface area contributed by atoms with E-state index in [0.29, 0.717) is 0 Å². The SMILES string of the molecule is CC(COC(=O)N1CCCC1)OC(=O)N1CCCC1. The fraction of sp³-hybridized carbons (Fsp3) is 0.846. The fourth-order valence-corrected chi connectivity index (χ4v) is 2.36. The van der Waals surface area contributed by atoms with Gasteiger partial charge in [0.25, 0.3) is 0 Å². The molecule has 0 bridgehead atoms. The van der Waals surface area contributed by atoms with Crippen LogP contribution in [0.4, 0.5) is 9.59 Å². The van der Waals surface area contributed by atoms with Crippen LogP contribution in [0.1, 0.15) is 32.6 Å². The van der Waals surface area contributed by atoms with Gasteiger partial charge >= 0.3 is 12.2 Å². The Balaban J connectivity index is 1.64. The van der Waals surface area contributed by atoms with Gasteiger partial charge < -0.3 is 19.3 Å². The number of carbonyl (C=O) groups excluding carboxylic acids is 2. The summed E-state index contributed by atoms with van der Waals surface area (Å²) in [4.78, 5) is 26.7. The first-order valence-electron chi connectivity index (χ1n) is 7.04. The summed E-state index contributed by atoms with van der Waals surface area (Å²) in [5.74, 6) is 0. The van der Waals surface area contributed by atoms with Gasteiger partial charge in [0.2, 0.25) is 0 Å². The molecule has 0 N–H and O–H groups in total. The highest BCUT2D eigenvalue weighted by Crippen LogP contribution is 2.11. The molecule has 6 heteroatoms. The first-order chi connectivity index (χ1) is 9.16. The topological polar surface area (TPSA) is 59.1 Å². The molecule has 108 valence electrons. The van der Waals surface area contributed by atoms with Crippen molar-refractivity contribution in [2.24, 2.45) is 0 Å². The van der Waals surface area contributed by atoms with E-state index in [0.717, 1.165) is 51.9 Å². The third-order valence-corrected chi connectivity index (χ3v) is 3.47. The van der Waals surface area contributed by atoms with Crippen LogP contribution in [0.15, 0.2) is 0 Å². The summed E-state index contributed by atoms with van der Waals surface area (Å²) in [6, 6.07) is 0. The predicted octanol–water partition coefficient (Wildman–Crippen LogP) is 1.84. The number of carbonyl (C=O) groups is 2. The Morgan fingerprint density at radius 1 is 0.947 bits per heavy atom. The summed E-state index contributed by atoms with van der Waals surface area (Å²) in [6.45, 7) is 4.92. The number of rotatable bonds is 3. The van der Waals surface area contributed by atoms with Crippen molar-refractivity contribution in [1.29, 1.82) is 0 Å². The third kappa shape index (κ3) is 4.01. The first-order valence-corrected chi connectivity index (χ1v) is 7.04. The van der Waals surface area contributed by atoms with Crippen LogP contribution in [-0.2, 0) is 9.47 Å². The monoisotopic (exact) mass is 270 g/mol. The molecule has 1 unspecified atom stereocenters. The molecule has 0 radical (unpaired) electrons. The summed E-state index contributed by atoms with van der Waals surface area (Å²) >= 11 is 0. The Bertz CT molecular complexity index is 323. The molecule has 2 aliphatic rings. The van der Waals surface area contributed by atoms with E-state index in [1.807, 2.05) is 0 Å². The minimum atomic E-state index is -0.403. The van der Waals surface area contributed by atoms with Gasteiger partial charge in [-0.3, -0.25) is 0 Å². The molecule has 0 saturated carbocycles. The molecular weight excluding hydrogens is 248 g/mol. The maximum absolute atomic E-state index is 11.7. The van der Waals surface area contributed by atoms with Gasteiger partial charge in [-0.05, 0) is 32.6 Å². The minimum absolute atomic E-state index is 0.120. The van der Waals surface area contributed by atoms with Crippen LogP contribution in [0, 0.1) is 0 Å². The summed E-state index contributed by atoms with van der Waals surface area (Å²) in [5.41, 5.74) is 0. The average molecular weight is 270 g/mol. The Morgan fingerprint density at radius 2 is 1.42 bits per heavy atom. The molecular formula is C13H22N2O4. The molecule has 0 aromatic carbocycles. The molecule has 0 aromatic heterocycles. The molecule has 2 aliphatic heterocycles. The zero-order valence-corrected chi connectivity index (χ0v) is 11.5. The van der Waals surface area contributed by atoms with Crippen LogP contribution in [0.2, 0.25) is 0 Å². The van der Waals surface area contributed by atoms with Crippen LogP contribution in [0.5, 0.6) is 0 Å². The van der Waals surface area contributed by atoms with E-state index in [1.54, 1.807) is 16.7 Å². The maximum Gasteiger partial charge on any atom is 0.410 e. The molecule has 19 heavy (non-hydrogen) atoms. The van der Waals surface area contributed by atoms with Gasteiger partial charge in [0.15, 0.2) is 0 Å². The number of hydrogen-bond acceptors (Lipinski definition) is 4. The van der Waals surface area contributed by atoms with Crippen LogP contribution >= 0.6 is 0 Å². The second-order valence-corrected chi connectivity index (χ2v) is 5.16. The van der Waals surface area contributed by atoms with Gasteiger partial charge in [-0.15, -0.1) is 0 Å². The normalized spacial score (nSPS) is 20.5. The van der Waals surface area contributed by atoms with Crippen molar-refractivity contribution < 1.29 is 19.1 Å². The number of ether oxygens (including phenoxy) is 2. The minimum Gasteiger partial charge on any atom is -0.445 e. The maximum atomic E-state index is 11.7. The highest BCUT2D eigenvalue weighted by Gasteiger charge is 2.23. The molecule has 0 spiro atoms. The summed E-state index contributed by atoms with van der Waals surface area (Å²) in [5, 5.41) is 0. The van der Waals surface area contributed by atoms with Crippen LogP contribution in [-0.4, -0.2) is 60.9 Å². The van der Waals surface area contributed by atoms with E-state index in [1.165, 1.54) is 0 Å². The van der Waals surface area contributed by atoms with Crippen LogP contribution in [0.3, 0.4) is 0 Å². The third-order valence-electron chi connectivity index (χ3n) is 3.47. The summed E-state index contributed by atoms with van der Waals surface area (Å²) in [6.07, 6.45) is 3.13. The number of likely N-dealkylation sites (tertiary alicyclic amines) is 2. The molecule has 6 nitrogen and oxygen atoms in total. The van der Waals surface area contributed by atoms with Crippen molar-refractivity contribution in [3.8, 4) is 0 Å². The van der Waals surface area contributed by atoms with E-state index in [2.05, 4.69) is 0 Å². The zero-order chi connectivity index (χ0) is 13.7. The van der Waals surface area contributed by atoms with Gasteiger partial charge in [-0.1, -0.05) is 0 Å². The van der Waals surface area contributed by atoms with Crippen LogP contribution < -0.4 is 0 Å². The fourth-order valence-electron chi connectivity index (χ4n) is 2.36. The smallest absolute Gasteiger partial charge is 0.410 e. The largest absolute Gasteiger partial charge is 0.445 e. The lowest BCUT2D eigenvalue weighted by Crippen LogP contribution is -2.35. The first kappa shape index (κ1) is 14.0. The van der Waals surface area contributed by atoms with Crippen molar-refractivity contribution in [3.05, 3.63) is 0 Å². The molecule has 2 heterocycles. The lowest BCUT2D eigenvalue weighted by atomic mass is 10.4. The number of amides is 2. The van der Waals surface area contributed by atoms with Gasteiger partial charge in [0.05, 0.1) is 0 Å². The van der Waals surface area contributed by atoms with Crippen molar-refractivity contribution in [2.45, 2.75) is 38.7 Å². The van der Waals surface area contributed by atoms with Crippen LogP contribution in [0.25, 0.3) is 0 Å². The Labute approximate surface area is 113 Å². The van der Waals surface area contributed by atoms with E-state index >= 15 is 0 Å². The highest BCUT2D eigenvalue weighted by atomic mass is 16.6. The lowest BCUT2D eigenvalue weighted by Gasteiger charge is -2.20. The van der Waals surface area contributed by atoms with Gasteiger partial charge in [0.1, 0.15) is 12.7 Å². The van der Waals surface area contributed by atoms with Crippen molar-refractivity contribution in [1.82, 2.24) is 9.80 Å². The number of nitrogens with zero attached hydrogens (tertiary/aromatic N) is 2. The standard InChI is InChI=1S/C13H22N2O4/c1-11(19-13(17)15-8-4-5-9-15)10-18-12(16)14-6-2-3-7-14/h11H,2-10H2,1H3. The predicted molar refractivity (Wildman–Crippen MR) is 68.9 cm³/mol. The van der Waals surface area contributed by atoms with Crippen molar-refractivity contribution in [3.63, 3.8) is 0 Å². The van der Waals surface area contributed by atoms with Crippen molar-refractivity contribution >= 4 is 12.2 Å². The molecule has 2 amide bonds. The van der Waals surface area contributed by atoms with Gasteiger partial charge in [0, 0.05) is 26.2 Å². The second-order valence-electron chi connectivity index (χ2n) is 5.16. The summed E-state index contributed by atoms with van der Waals surface area (Å²) < 4.78 is 10.4. The van der Waals surface area contributed by atoms with E-state index in [-0.39, 0.29) is 18.8 Å². The molecule has 2 saturated heterocycles. The lowest BCUT2D eigenvalue weighted by molar-refractivity contribution is 0.0281. The Hall–Kier alpha value is -1.46. The Morgan fingerprint density at radius 3 is 1.95 bits per heavy atom. The van der Waals surface area contributed by atoms with Crippen molar-refractivity contribution in [2.75, 3.05) is 32.8 Å². The van der Waals surface area contributed by atoms with E-state index in [9.17, 15) is 9.59 Å². The molecule has 2 rings (SSSR count). The zero-order valence-electron chi connectivity index (χ0n) is 11.5. The second kappa shape index (κ2) is 6.63. The molecule has 0 aromatic rings. The summed E-state index contributed by atoms with van der Waals surface area (Å²) in [7, 11) is 0. The molecule has 0 aliphatic carbocycles. The van der Waals surface area contributed by atoms with E-state index < -0.39 is 6.10 Å². The van der Waals surface area contributed by atoms with E-state index in [4.69, 9.17) is 9.47 Å². The number of hydrogen-bond donors (Lipinski definition) is 0. The average Bonchev–Trinajstić information content (AvgIpc) is 3.07. The quantitative estimate of drug-likeness (QED) is 0.785. The Kier molecular flexibility index (Phi) is 4.87. The highest BCUT2D eigenvalue weighted by molar-refractivity contribution is 5.69. The van der Waals surface area contributed by atoms with Gasteiger partial charge in [-0.25, -0.2) is 9.59 Å². The molecule has 2 fully saturated rings. The molecule has 1 atom stereocenters.